The second kappa shape index (κ2) is 8.05. The molecule has 2 aliphatic heterocycles. The van der Waals surface area contributed by atoms with Gasteiger partial charge in [0.2, 0.25) is 0 Å². The van der Waals surface area contributed by atoms with Crippen LogP contribution in [0, 0.1) is 24.2 Å². The number of rotatable bonds is 5. The lowest BCUT2D eigenvalue weighted by Gasteiger charge is -2.59. The molecule has 3 aliphatic rings. The number of aliphatic hydroxyl groups excluding tert-OH is 1. The molecule has 0 bridgehead atoms. The third kappa shape index (κ3) is 3.43. The number of hydrogen-bond acceptors (Lipinski definition) is 7. The van der Waals surface area contributed by atoms with Crippen molar-refractivity contribution in [2.75, 3.05) is 14.2 Å². The van der Waals surface area contributed by atoms with Crippen LogP contribution in [0.15, 0.2) is 12.2 Å². The van der Waals surface area contributed by atoms with Gasteiger partial charge in [-0.05, 0) is 44.6 Å². The summed E-state index contributed by atoms with van der Waals surface area (Å²) >= 11 is 0. The highest BCUT2D eigenvalue weighted by molar-refractivity contribution is 5.98. The minimum atomic E-state index is -0.670. The van der Waals surface area contributed by atoms with Gasteiger partial charge in [-0.1, -0.05) is 19.1 Å². The summed E-state index contributed by atoms with van der Waals surface area (Å²) in [4.78, 5) is 24.6. The average molecular weight is 459 g/mol. The molecule has 1 saturated carbocycles. The number of aliphatic hydroxyl groups is 1. The Morgan fingerprint density at radius 3 is 2.58 bits per heavy atom. The van der Waals surface area contributed by atoms with Gasteiger partial charge in [-0.15, -0.1) is 0 Å². The number of cyclic esters (lactones) is 1. The predicted molar refractivity (Wildman–Crippen MR) is 121 cm³/mol. The fourth-order valence-corrected chi connectivity index (χ4v) is 6.82. The summed E-state index contributed by atoms with van der Waals surface area (Å²) in [5.74, 6) is 0.272. The SMILES string of the molecule is C=C(C)C1C(O)CC2(C)Oc3c(C)c4c(c(OC)c3CC2C1(C)CCC(=O)OC)C(=O)OC4. The Kier molecular flexibility index (Phi) is 5.76. The van der Waals surface area contributed by atoms with E-state index in [1.165, 1.54) is 7.11 Å². The molecule has 1 N–H and O–H groups in total. The molecule has 7 heteroatoms. The lowest BCUT2D eigenvalue weighted by atomic mass is 9.50. The highest BCUT2D eigenvalue weighted by Gasteiger charge is 2.60. The van der Waals surface area contributed by atoms with Crippen molar-refractivity contribution >= 4 is 11.9 Å². The molecule has 180 valence electrons. The maximum absolute atomic E-state index is 12.5. The molecule has 0 radical (unpaired) electrons. The minimum Gasteiger partial charge on any atom is -0.495 e. The Labute approximate surface area is 195 Å². The van der Waals surface area contributed by atoms with Crippen LogP contribution >= 0.6 is 0 Å². The van der Waals surface area contributed by atoms with E-state index >= 15 is 0 Å². The molecule has 5 atom stereocenters. The van der Waals surface area contributed by atoms with Crippen LogP contribution in [-0.2, 0) is 27.3 Å². The first-order valence-electron chi connectivity index (χ1n) is 11.5. The second-order valence-electron chi connectivity index (χ2n) is 10.2. The van der Waals surface area contributed by atoms with Crippen molar-refractivity contribution in [3.63, 3.8) is 0 Å². The van der Waals surface area contributed by atoms with Crippen LogP contribution in [0.3, 0.4) is 0 Å². The van der Waals surface area contributed by atoms with E-state index in [1.807, 2.05) is 20.8 Å². The molecule has 0 saturated heterocycles. The fourth-order valence-electron chi connectivity index (χ4n) is 6.82. The van der Waals surface area contributed by atoms with E-state index in [-0.39, 0.29) is 36.8 Å². The Bertz CT molecular complexity index is 1030. The number of ether oxygens (including phenoxy) is 4. The predicted octanol–water partition coefficient (Wildman–Crippen LogP) is 3.90. The van der Waals surface area contributed by atoms with Crippen molar-refractivity contribution in [2.45, 2.75) is 71.7 Å². The fraction of sp³-hybridized carbons (Fsp3) is 0.615. The van der Waals surface area contributed by atoms with Crippen LogP contribution in [0.25, 0.3) is 0 Å². The van der Waals surface area contributed by atoms with Gasteiger partial charge in [0.25, 0.3) is 0 Å². The van der Waals surface area contributed by atoms with Crippen molar-refractivity contribution in [3.8, 4) is 11.5 Å². The number of benzene rings is 1. The smallest absolute Gasteiger partial charge is 0.342 e. The lowest BCUT2D eigenvalue weighted by Crippen LogP contribution is -2.62. The Morgan fingerprint density at radius 1 is 1.27 bits per heavy atom. The molecule has 1 aliphatic carbocycles. The van der Waals surface area contributed by atoms with Gasteiger partial charge in [0.05, 0.1) is 20.3 Å². The molecule has 1 aromatic carbocycles. The van der Waals surface area contributed by atoms with Gasteiger partial charge in [0.1, 0.15) is 29.3 Å². The molecule has 4 rings (SSSR count). The summed E-state index contributed by atoms with van der Waals surface area (Å²) in [7, 11) is 2.94. The highest BCUT2D eigenvalue weighted by atomic mass is 16.5. The van der Waals surface area contributed by atoms with Crippen LogP contribution in [0.4, 0.5) is 0 Å². The number of carbonyl (C=O) groups excluding carboxylic acids is 2. The highest BCUT2D eigenvalue weighted by Crippen LogP contribution is 2.61. The topological polar surface area (TPSA) is 91.3 Å². The van der Waals surface area contributed by atoms with Crippen molar-refractivity contribution in [1.29, 1.82) is 0 Å². The number of esters is 2. The van der Waals surface area contributed by atoms with Crippen LogP contribution in [0.1, 0.15) is 67.1 Å². The summed E-state index contributed by atoms with van der Waals surface area (Å²) in [6.45, 7) is 12.4. The molecule has 5 unspecified atom stereocenters. The summed E-state index contributed by atoms with van der Waals surface area (Å²) in [5, 5.41) is 11.3. The van der Waals surface area contributed by atoms with Crippen molar-refractivity contribution in [2.24, 2.45) is 17.3 Å². The average Bonchev–Trinajstić information content (AvgIpc) is 3.13. The van der Waals surface area contributed by atoms with E-state index in [9.17, 15) is 14.7 Å². The minimum absolute atomic E-state index is 0.0592. The van der Waals surface area contributed by atoms with Crippen LogP contribution in [-0.4, -0.2) is 43.0 Å². The number of fused-ring (bicyclic) bond motifs is 3. The molecule has 0 aromatic heterocycles. The summed E-state index contributed by atoms with van der Waals surface area (Å²) < 4.78 is 22.7. The van der Waals surface area contributed by atoms with Crippen LogP contribution in [0.5, 0.6) is 11.5 Å². The molecular formula is C26H34O7. The van der Waals surface area contributed by atoms with E-state index in [2.05, 4.69) is 13.5 Å². The third-order valence-corrected chi connectivity index (χ3v) is 8.24. The maximum Gasteiger partial charge on any atom is 0.342 e. The molecule has 1 aromatic rings. The van der Waals surface area contributed by atoms with Crippen LogP contribution < -0.4 is 9.47 Å². The Balaban J connectivity index is 1.88. The first-order valence-corrected chi connectivity index (χ1v) is 11.5. The van der Waals surface area contributed by atoms with E-state index in [0.717, 1.165) is 22.3 Å². The van der Waals surface area contributed by atoms with E-state index in [4.69, 9.17) is 18.9 Å². The first-order chi connectivity index (χ1) is 15.5. The molecule has 0 amide bonds. The number of methoxy groups -OCH3 is 2. The van der Waals surface area contributed by atoms with Crippen molar-refractivity contribution in [3.05, 3.63) is 34.4 Å². The van der Waals surface area contributed by atoms with Gasteiger partial charge >= 0.3 is 11.9 Å². The van der Waals surface area contributed by atoms with Gasteiger partial charge in [0, 0.05) is 35.8 Å². The summed E-state index contributed by atoms with van der Waals surface area (Å²) in [5.41, 5.74) is 2.70. The molecule has 7 nitrogen and oxygen atoms in total. The summed E-state index contributed by atoms with van der Waals surface area (Å²) in [6, 6.07) is 0. The van der Waals surface area contributed by atoms with E-state index in [1.54, 1.807) is 7.11 Å². The first kappa shape index (κ1) is 23.6. The van der Waals surface area contributed by atoms with Gasteiger partial charge in [-0.2, -0.15) is 0 Å². The normalized spacial score (nSPS) is 32.1. The number of carbonyl (C=O) groups is 2. The third-order valence-electron chi connectivity index (χ3n) is 8.24. The van der Waals surface area contributed by atoms with Crippen LogP contribution in [0.2, 0.25) is 0 Å². The largest absolute Gasteiger partial charge is 0.495 e. The zero-order chi connectivity index (χ0) is 24.3. The maximum atomic E-state index is 12.5. The molecule has 2 heterocycles. The summed E-state index contributed by atoms with van der Waals surface area (Å²) in [6.07, 6.45) is 1.12. The quantitative estimate of drug-likeness (QED) is 0.529. The Morgan fingerprint density at radius 2 is 1.97 bits per heavy atom. The molecule has 0 spiro atoms. The van der Waals surface area contributed by atoms with Gasteiger partial charge in [-0.3, -0.25) is 4.79 Å². The van der Waals surface area contributed by atoms with E-state index in [0.29, 0.717) is 36.3 Å². The molecule has 33 heavy (non-hydrogen) atoms. The van der Waals surface area contributed by atoms with Gasteiger partial charge in [-0.25, -0.2) is 4.79 Å². The second-order valence-corrected chi connectivity index (χ2v) is 10.2. The number of hydrogen-bond donors (Lipinski definition) is 1. The standard InChI is InChI=1S/C26H34O7/c1-13(2)21-17(27)11-26(5)18(25(21,4)9-8-19(28)30-6)10-15-22(33-26)14(3)16-12-32-24(29)20(16)23(15)31-7/h17-18,21,27H,1,8-12H2,2-7H3. The lowest BCUT2D eigenvalue weighted by molar-refractivity contribution is -0.163. The van der Waals surface area contributed by atoms with Gasteiger partial charge < -0.3 is 24.1 Å². The molecule has 1 fully saturated rings. The van der Waals surface area contributed by atoms with Gasteiger partial charge in [0.15, 0.2) is 0 Å². The Hall–Kier alpha value is -2.54. The monoisotopic (exact) mass is 458 g/mol. The van der Waals surface area contributed by atoms with Crippen molar-refractivity contribution in [1.82, 2.24) is 0 Å². The molecular weight excluding hydrogens is 424 g/mol. The zero-order valence-electron chi connectivity index (χ0n) is 20.4. The zero-order valence-corrected chi connectivity index (χ0v) is 20.4. The van der Waals surface area contributed by atoms with Crippen molar-refractivity contribution < 1.29 is 33.6 Å². The van der Waals surface area contributed by atoms with E-state index < -0.39 is 17.1 Å².